The van der Waals surface area contributed by atoms with Gasteiger partial charge in [-0.15, -0.1) is 0 Å². The molecule has 6 nitrogen and oxygen atoms in total. The number of sulfonamides is 1. The summed E-state index contributed by atoms with van der Waals surface area (Å²) in [6.45, 7) is 7.35. The Balaban J connectivity index is 1.66. The van der Waals surface area contributed by atoms with Crippen LogP contribution in [0.15, 0.2) is 77.7 Å². The Kier molecular flexibility index (Phi) is 6.41. The highest BCUT2D eigenvalue weighted by Gasteiger charge is 2.35. The van der Waals surface area contributed by atoms with Crippen molar-refractivity contribution in [2.24, 2.45) is 0 Å². The Morgan fingerprint density at radius 2 is 1.65 bits per heavy atom. The second kappa shape index (κ2) is 9.14. The number of nitrogens with one attached hydrogen (secondary N) is 1. The normalized spacial score (nSPS) is 16.8. The molecule has 7 heteroatoms. The van der Waals surface area contributed by atoms with Gasteiger partial charge in [-0.2, -0.15) is 0 Å². The fourth-order valence-electron chi connectivity index (χ4n) is 4.28. The third-order valence-electron chi connectivity index (χ3n) is 5.99. The van der Waals surface area contributed by atoms with Crippen LogP contribution in [0.3, 0.4) is 0 Å². The molecule has 1 heterocycles. The zero-order chi connectivity index (χ0) is 24.5. The second-order valence-electron chi connectivity index (χ2n) is 9.34. The first-order valence-corrected chi connectivity index (χ1v) is 12.7. The van der Waals surface area contributed by atoms with Crippen LogP contribution in [0.2, 0.25) is 0 Å². The van der Waals surface area contributed by atoms with Crippen LogP contribution in [0, 0.1) is 13.8 Å². The van der Waals surface area contributed by atoms with Crippen molar-refractivity contribution in [2.45, 2.75) is 50.7 Å². The monoisotopic (exact) mass is 478 g/mol. The van der Waals surface area contributed by atoms with E-state index in [0.29, 0.717) is 12.1 Å². The first-order chi connectivity index (χ1) is 16.1. The van der Waals surface area contributed by atoms with E-state index in [1.165, 1.54) is 4.31 Å². The lowest BCUT2D eigenvalue weighted by molar-refractivity contribution is -0.120. The summed E-state index contributed by atoms with van der Waals surface area (Å²) < 4.78 is 34.6. The van der Waals surface area contributed by atoms with Gasteiger partial charge in [0.05, 0.1) is 16.6 Å². The summed E-state index contributed by atoms with van der Waals surface area (Å²) >= 11 is 0. The van der Waals surface area contributed by atoms with Crippen LogP contribution < -0.4 is 14.4 Å². The molecule has 4 rings (SSSR count). The Morgan fingerprint density at radius 1 is 1.00 bits per heavy atom. The van der Waals surface area contributed by atoms with Gasteiger partial charge in [0.2, 0.25) is 5.91 Å². The average molecular weight is 479 g/mol. The fraction of sp³-hybridized carbons (Fsp3) is 0.296. The van der Waals surface area contributed by atoms with Gasteiger partial charge in [-0.1, -0.05) is 54.1 Å². The molecule has 0 fully saturated rings. The molecule has 0 bridgehead atoms. The first-order valence-electron chi connectivity index (χ1n) is 11.3. The second-order valence-corrected chi connectivity index (χ2v) is 11.2. The number of amides is 1. The summed E-state index contributed by atoms with van der Waals surface area (Å²) in [6, 6.07) is 21.2. The van der Waals surface area contributed by atoms with Gasteiger partial charge in [-0.05, 0) is 57.5 Å². The van der Waals surface area contributed by atoms with Crippen LogP contribution in [0.1, 0.15) is 43.0 Å². The molecule has 1 atom stereocenters. The number of fused-ring (bicyclic) bond motifs is 1. The number of benzene rings is 3. The van der Waals surface area contributed by atoms with Gasteiger partial charge in [0, 0.05) is 12.0 Å². The number of ether oxygens (including phenoxy) is 1. The quantitative estimate of drug-likeness (QED) is 0.546. The number of rotatable bonds is 6. The van der Waals surface area contributed by atoms with Crippen LogP contribution in [-0.4, -0.2) is 26.5 Å². The van der Waals surface area contributed by atoms with Crippen LogP contribution >= 0.6 is 0 Å². The Bertz CT molecular complexity index is 1300. The maximum atomic E-state index is 13.7. The molecule has 34 heavy (non-hydrogen) atoms. The maximum absolute atomic E-state index is 13.7. The minimum Gasteiger partial charge on any atom is -0.487 e. The Hall–Kier alpha value is -3.32. The molecular formula is C27H30N2O4S. The van der Waals surface area contributed by atoms with Crippen LogP contribution in [0.4, 0.5) is 5.69 Å². The fourth-order valence-corrected chi connectivity index (χ4v) is 5.77. The molecular weight excluding hydrogens is 448 g/mol. The SMILES string of the molecule is Cc1ccc(S(=O)(=O)N(CC(=O)NC2CC(C)(C)Oc3ccccc32)c2ccccc2C)cc1. The highest BCUT2D eigenvalue weighted by atomic mass is 32.2. The molecule has 0 saturated heterocycles. The average Bonchev–Trinajstić information content (AvgIpc) is 2.77. The van der Waals surface area contributed by atoms with Gasteiger partial charge < -0.3 is 10.1 Å². The number of anilines is 1. The molecule has 3 aromatic rings. The number of carbonyl (C=O) groups excluding carboxylic acids is 1. The zero-order valence-corrected chi connectivity index (χ0v) is 20.7. The largest absolute Gasteiger partial charge is 0.487 e. The molecule has 178 valence electrons. The van der Waals surface area contributed by atoms with Crippen LogP contribution in [-0.2, 0) is 14.8 Å². The predicted octanol–water partition coefficient (Wildman–Crippen LogP) is 4.92. The number of hydrogen-bond donors (Lipinski definition) is 1. The lowest BCUT2D eigenvalue weighted by Crippen LogP contribution is -2.45. The van der Waals surface area contributed by atoms with E-state index in [4.69, 9.17) is 4.74 Å². The lowest BCUT2D eigenvalue weighted by atomic mass is 9.89. The number of para-hydroxylation sites is 2. The third kappa shape index (κ3) is 4.94. The van der Waals surface area contributed by atoms with Crippen molar-refractivity contribution in [3.8, 4) is 5.75 Å². The summed E-state index contributed by atoms with van der Waals surface area (Å²) in [5, 5.41) is 3.06. The molecule has 0 spiro atoms. The summed E-state index contributed by atoms with van der Waals surface area (Å²) in [7, 11) is -3.96. The van der Waals surface area contributed by atoms with Crippen molar-refractivity contribution >= 4 is 21.6 Å². The van der Waals surface area contributed by atoms with Crippen molar-refractivity contribution in [3.05, 3.63) is 89.5 Å². The van der Waals surface area contributed by atoms with Gasteiger partial charge >= 0.3 is 0 Å². The van der Waals surface area contributed by atoms with E-state index in [0.717, 1.165) is 22.4 Å². The van der Waals surface area contributed by atoms with E-state index in [9.17, 15) is 13.2 Å². The standard InChI is InChI=1S/C27H30N2O4S/c1-19-13-15-21(16-14-19)34(31,32)29(24-11-7-5-9-20(24)2)18-26(30)28-23-17-27(3,4)33-25-12-8-6-10-22(23)25/h5-16,23H,17-18H2,1-4H3,(H,28,30). The first kappa shape index (κ1) is 23.8. The molecule has 0 aromatic heterocycles. The molecule has 3 aromatic carbocycles. The van der Waals surface area contributed by atoms with Gasteiger partial charge in [0.25, 0.3) is 10.0 Å². The van der Waals surface area contributed by atoms with Gasteiger partial charge in [-0.25, -0.2) is 8.42 Å². The maximum Gasteiger partial charge on any atom is 0.264 e. The molecule has 1 amide bonds. The van der Waals surface area contributed by atoms with Gasteiger partial charge in [-0.3, -0.25) is 9.10 Å². The van der Waals surface area contributed by atoms with E-state index in [2.05, 4.69) is 5.32 Å². The van der Waals surface area contributed by atoms with Crippen molar-refractivity contribution in [1.29, 1.82) is 0 Å². The zero-order valence-electron chi connectivity index (χ0n) is 19.9. The third-order valence-corrected chi connectivity index (χ3v) is 7.77. The number of carbonyl (C=O) groups is 1. The molecule has 0 radical (unpaired) electrons. The van der Waals surface area contributed by atoms with E-state index in [1.807, 2.05) is 64.1 Å². The van der Waals surface area contributed by atoms with Gasteiger partial charge in [0.15, 0.2) is 0 Å². The highest BCUT2D eigenvalue weighted by Crippen LogP contribution is 2.39. The summed E-state index contributed by atoms with van der Waals surface area (Å²) in [6.07, 6.45) is 0.574. The van der Waals surface area contributed by atoms with Crippen molar-refractivity contribution in [1.82, 2.24) is 5.32 Å². The van der Waals surface area contributed by atoms with E-state index in [1.54, 1.807) is 36.4 Å². The van der Waals surface area contributed by atoms with Crippen LogP contribution in [0.5, 0.6) is 5.75 Å². The summed E-state index contributed by atoms with van der Waals surface area (Å²) in [4.78, 5) is 13.4. The van der Waals surface area contributed by atoms with E-state index in [-0.39, 0.29) is 23.4 Å². The number of aryl methyl sites for hydroxylation is 2. The minimum absolute atomic E-state index is 0.145. The molecule has 1 unspecified atom stereocenters. The van der Waals surface area contributed by atoms with Crippen molar-refractivity contribution < 1.29 is 17.9 Å². The van der Waals surface area contributed by atoms with E-state index >= 15 is 0 Å². The molecule has 0 aliphatic carbocycles. The predicted molar refractivity (Wildman–Crippen MR) is 134 cm³/mol. The Morgan fingerprint density at radius 3 is 2.35 bits per heavy atom. The molecule has 0 saturated carbocycles. The lowest BCUT2D eigenvalue weighted by Gasteiger charge is -2.38. The van der Waals surface area contributed by atoms with Crippen molar-refractivity contribution in [3.63, 3.8) is 0 Å². The molecule has 1 aliphatic rings. The number of nitrogens with zero attached hydrogens (tertiary/aromatic N) is 1. The summed E-state index contributed by atoms with van der Waals surface area (Å²) in [5.74, 6) is 0.350. The topological polar surface area (TPSA) is 75.7 Å². The van der Waals surface area contributed by atoms with Gasteiger partial charge in [0.1, 0.15) is 17.9 Å². The van der Waals surface area contributed by atoms with Crippen molar-refractivity contribution in [2.75, 3.05) is 10.8 Å². The minimum atomic E-state index is -3.96. The van der Waals surface area contributed by atoms with Crippen LogP contribution in [0.25, 0.3) is 0 Å². The highest BCUT2D eigenvalue weighted by molar-refractivity contribution is 7.92. The van der Waals surface area contributed by atoms with E-state index < -0.39 is 15.6 Å². The molecule has 1 N–H and O–H groups in total. The summed E-state index contributed by atoms with van der Waals surface area (Å²) in [5.41, 5.74) is 2.63. The molecule has 1 aliphatic heterocycles. The smallest absolute Gasteiger partial charge is 0.264 e. The Labute approximate surface area is 201 Å². The number of hydrogen-bond acceptors (Lipinski definition) is 4.